The van der Waals surface area contributed by atoms with E-state index in [0.29, 0.717) is 12.5 Å². The largest absolute Gasteiger partial charge is 0.341 e. The summed E-state index contributed by atoms with van der Waals surface area (Å²) in [7, 11) is -3.11. The van der Waals surface area contributed by atoms with Crippen molar-refractivity contribution in [1.29, 1.82) is 0 Å². The van der Waals surface area contributed by atoms with E-state index in [1.54, 1.807) is 6.20 Å². The average Bonchev–Trinajstić information content (AvgIpc) is 3.15. The first kappa shape index (κ1) is 16.3. The van der Waals surface area contributed by atoms with Gasteiger partial charge in [-0.2, -0.15) is 0 Å². The van der Waals surface area contributed by atoms with Crippen molar-refractivity contribution >= 4 is 15.8 Å². The van der Waals surface area contributed by atoms with Crippen LogP contribution in [0.15, 0.2) is 6.20 Å². The molecule has 0 amide bonds. The van der Waals surface area contributed by atoms with Gasteiger partial charge < -0.3 is 9.80 Å². The lowest BCUT2D eigenvalue weighted by Gasteiger charge is -2.27. The van der Waals surface area contributed by atoms with Gasteiger partial charge in [0.05, 0.1) is 16.7 Å². The predicted octanol–water partition coefficient (Wildman–Crippen LogP) is 1.43. The molecule has 132 valence electrons. The van der Waals surface area contributed by atoms with E-state index >= 15 is 0 Å². The second-order valence-corrected chi connectivity index (χ2v) is 10.1. The molecule has 2 fully saturated rings. The Morgan fingerprint density at radius 2 is 2.00 bits per heavy atom. The van der Waals surface area contributed by atoms with Crippen LogP contribution >= 0.6 is 0 Å². The van der Waals surface area contributed by atoms with Crippen molar-refractivity contribution in [3.05, 3.63) is 17.5 Å². The maximum atomic E-state index is 12.7. The molecule has 2 atom stereocenters. The molecule has 3 aliphatic rings. The summed E-state index contributed by atoms with van der Waals surface area (Å²) in [5, 5.41) is -0.301. The van der Waals surface area contributed by atoms with Gasteiger partial charge in [-0.25, -0.2) is 18.4 Å². The number of hydrogen-bond acceptors (Lipinski definition) is 6. The van der Waals surface area contributed by atoms with Gasteiger partial charge >= 0.3 is 0 Å². The van der Waals surface area contributed by atoms with Crippen molar-refractivity contribution in [3.8, 4) is 0 Å². The molecule has 6 nitrogen and oxygen atoms in total. The van der Waals surface area contributed by atoms with Crippen LogP contribution in [-0.4, -0.2) is 61.3 Å². The van der Waals surface area contributed by atoms with Crippen LogP contribution in [0.4, 0.5) is 5.95 Å². The van der Waals surface area contributed by atoms with E-state index in [9.17, 15) is 8.42 Å². The molecule has 0 aromatic carbocycles. The maximum absolute atomic E-state index is 12.7. The number of nitrogens with zero attached hydrogens (tertiary/aromatic N) is 4. The van der Waals surface area contributed by atoms with Gasteiger partial charge in [0.2, 0.25) is 5.95 Å². The van der Waals surface area contributed by atoms with Crippen LogP contribution in [0, 0.1) is 5.92 Å². The standard InChI is InChI=1S/C17H26N4O2S/c1-12(2)8-20-9-14-15(10-20)24(22,23)11-13-7-18-17(19-16(13)14)21-5-3-4-6-21/h7,12,14-15H,3-6,8-11H2,1-2H3/t14-,15+/m0/s1. The van der Waals surface area contributed by atoms with Crippen LogP contribution in [0.1, 0.15) is 43.9 Å². The third kappa shape index (κ3) is 2.81. The van der Waals surface area contributed by atoms with Crippen LogP contribution in [0.25, 0.3) is 0 Å². The maximum Gasteiger partial charge on any atom is 0.225 e. The molecule has 0 bridgehead atoms. The molecule has 0 unspecified atom stereocenters. The highest BCUT2D eigenvalue weighted by Crippen LogP contribution is 2.39. The first-order valence-corrected chi connectivity index (χ1v) is 10.7. The summed E-state index contributed by atoms with van der Waals surface area (Å²) in [6.45, 7) is 8.76. The summed E-state index contributed by atoms with van der Waals surface area (Å²) in [4.78, 5) is 13.8. The van der Waals surface area contributed by atoms with Gasteiger partial charge in [-0.05, 0) is 18.8 Å². The van der Waals surface area contributed by atoms with Crippen LogP contribution < -0.4 is 4.90 Å². The second-order valence-electron chi connectivity index (χ2n) is 7.84. The lowest BCUT2D eigenvalue weighted by Crippen LogP contribution is -2.35. The quantitative estimate of drug-likeness (QED) is 0.822. The Morgan fingerprint density at radius 1 is 1.25 bits per heavy atom. The molecule has 0 N–H and O–H groups in total. The predicted molar refractivity (Wildman–Crippen MR) is 93.9 cm³/mol. The fourth-order valence-corrected chi connectivity index (χ4v) is 6.40. The van der Waals surface area contributed by atoms with Crippen molar-refractivity contribution in [1.82, 2.24) is 14.9 Å². The molecule has 1 aromatic heterocycles. The van der Waals surface area contributed by atoms with E-state index in [0.717, 1.165) is 43.4 Å². The molecule has 3 aliphatic heterocycles. The van der Waals surface area contributed by atoms with Gasteiger partial charge in [-0.15, -0.1) is 0 Å². The van der Waals surface area contributed by atoms with Crippen molar-refractivity contribution < 1.29 is 8.42 Å². The average molecular weight is 350 g/mol. The first-order chi connectivity index (χ1) is 11.4. The molecule has 4 rings (SSSR count). The Bertz CT molecular complexity index is 728. The minimum atomic E-state index is -3.11. The van der Waals surface area contributed by atoms with Gasteiger partial charge in [0.15, 0.2) is 9.84 Å². The highest BCUT2D eigenvalue weighted by atomic mass is 32.2. The van der Waals surface area contributed by atoms with E-state index in [1.807, 2.05) is 0 Å². The zero-order valence-electron chi connectivity index (χ0n) is 14.5. The minimum Gasteiger partial charge on any atom is -0.341 e. The molecule has 2 saturated heterocycles. The van der Waals surface area contributed by atoms with Crippen molar-refractivity contribution in [2.24, 2.45) is 5.92 Å². The molecule has 1 aromatic rings. The molecule has 0 saturated carbocycles. The Labute approximate surface area is 144 Å². The molecule has 7 heteroatoms. The summed E-state index contributed by atoms with van der Waals surface area (Å²) >= 11 is 0. The van der Waals surface area contributed by atoms with Crippen LogP contribution in [0.5, 0.6) is 0 Å². The van der Waals surface area contributed by atoms with Gasteiger partial charge in [0, 0.05) is 50.4 Å². The number of fused-ring (bicyclic) bond motifs is 3. The van der Waals surface area contributed by atoms with Crippen LogP contribution in [0.3, 0.4) is 0 Å². The van der Waals surface area contributed by atoms with Gasteiger partial charge in [0.1, 0.15) is 0 Å². The molecule has 0 spiro atoms. The first-order valence-electron chi connectivity index (χ1n) is 8.99. The second kappa shape index (κ2) is 5.95. The van der Waals surface area contributed by atoms with E-state index in [4.69, 9.17) is 4.98 Å². The van der Waals surface area contributed by atoms with E-state index in [2.05, 4.69) is 28.6 Å². The van der Waals surface area contributed by atoms with Crippen LogP contribution in [0.2, 0.25) is 0 Å². The molecule has 0 radical (unpaired) electrons. The molecule has 4 heterocycles. The van der Waals surface area contributed by atoms with Crippen molar-refractivity contribution in [3.63, 3.8) is 0 Å². The van der Waals surface area contributed by atoms with Gasteiger partial charge in [-0.3, -0.25) is 0 Å². The van der Waals surface area contributed by atoms with Gasteiger partial charge in [-0.1, -0.05) is 13.8 Å². The summed E-state index contributed by atoms with van der Waals surface area (Å²) in [6.07, 6.45) is 4.13. The topological polar surface area (TPSA) is 66.4 Å². The Morgan fingerprint density at radius 3 is 2.71 bits per heavy atom. The Hall–Kier alpha value is -1.21. The molecule has 0 aliphatic carbocycles. The zero-order chi connectivity index (χ0) is 16.9. The number of rotatable bonds is 3. The van der Waals surface area contributed by atoms with Crippen LogP contribution in [-0.2, 0) is 15.6 Å². The fraction of sp³-hybridized carbons (Fsp3) is 0.765. The highest BCUT2D eigenvalue weighted by Gasteiger charge is 2.47. The van der Waals surface area contributed by atoms with E-state index < -0.39 is 9.84 Å². The molecule has 24 heavy (non-hydrogen) atoms. The lowest BCUT2D eigenvalue weighted by molar-refractivity contribution is 0.294. The molecular weight excluding hydrogens is 324 g/mol. The highest BCUT2D eigenvalue weighted by molar-refractivity contribution is 7.91. The lowest BCUT2D eigenvalue weighted by atomic mass is 10.00. The number of sulfone groups is 1. The monoisotopic (exact) mass is 350 g/mol. The third-order valence-electron chi connectivity index (χ3n) is 5.41. The molecular formula is C17H26N4O2S. The van der Waals surface area contributed by atoms with E-state index in [-0.39, 0.29) is 16.9 Å². The summed E-state index contributed by atoms with van der Waals surface area (Å²) in [6, 6.07) is 0. The smallest absolute Gasteiger partial charge is 0.225 e. The zero-order valence-corrected chi connectivity index (χ0v) is 15.3. The summed E-state index contributed by atoms with van der Waals surface area (Å²) in [5.74, 6) is 1.42. The Kier molecular flexibility index (Phi) is 4.03. The third-order valence-corrected chi connectivity index (χ3v) is 7.52. The number of anilines is 1. The van der Waals surface area contributed by atoms with E-state index in [1.165, 1.54) is 12.8 Å². The summed E-state index contributed by atoms with van der Waals surface area (Å²) < 4.78 is 25.4. The minimum absolute atomic E-state index is 0.00172. The summed E-state index contributed by atoms with van der Waals surface area (Å²) in [5.41, 5.74) is 1.79. The SMILES string of the molecule is CC(C)CN1C[C@@H]2c3nc(N4CCCC4)ncc3CS(=O)(=O)[C@@H]2C1. The van der Waals surface area contributed by atoms with Crippen molar-refractivity contribution in [2.45, 2.75) is 43.6 Å². The van der Waals surface area contributed by atoms with Crippen molar-refractivity contribution in [2.75, 3.05) is 37.6 Å². The Balaban J connectivity index is 1.68. The van der Waals surface area contributed by atoms with Gasteiger partial charge in [0.25, 0.3) is 0 Å². The number of aromatic nitrogens is 2. The number of hydrogen-bond donors (Lipinski definition) is 0. The fourth-order valence-electron chi connectivity index (χ4n) is 4.38. The normalized spacial score (nSPS) is 29.0. The number of likely N-dealkylation sites (tertiary alicyclic amines) is 1.